The van der Waals surface area contributed by atoms with Crippen LogP contribution in [0.3, 0.4) is 0 Å². The molecule has 0 radical (unpaired) electrons. The average molecular weight is 281 g/mol. The summed E-state index contributed by atoms with van der Waals surface area (Å²) >= 11 is 0. The van der Waals surface area contributed by atoms with E-state index in [4.69, 9.17) is 0 Å². The summed E-state index contributed by atoms with van der Waals surface area (Å²) in [5.41, 5.74) is 1.39. The molecule has 0 bridgehead atoms. The van der Waals surface area contributed by atoms with Gasteiger partial charge in [-0.25, -0.2) is 0 Å². The number of nitrogens with zero attached hydrogens (tertiary/aromatic N) is 2. The van der Waals surface area contributed by atoms with E-state index in [1.54, 1.807) is 0 Å². The largest absolute Gasteiger partial charge is 0.377 e. The average Bonchev–Trinajstić information content (AvgIpc) is 2.59. The third kappa shape index (κ3) is 1.96. The third-order valence-corrected chi connectivity index (χ3v) is 4.02. The summed E-state index contributed by atoms with van der Waals surface area (Å²) in [6.45, 7) is 8.17. The number of aliphatic imine (C=N–C) groups is 1. The minimum atomic E-state index is -0.896. The van der Waals surface area contributed by atoms with E-state index in [1.807, 2.05) is 25.1 Å². The molecule has 0 spiro atoms. The highest BCUT2D eigenvalue weighted by Crippen LogP contribution is 2.45. The number of fused-ring (bicyclic) bond motifs is 3. The van der Waals surface area contributed by atoms with Crippen LogP contribution in [0.2, 0.25) is 0 Å². The molecule has 2 heterocycles. The van der Waals surface area contributed by atoms with Gasteiger partial charge in [-0.05, 0) is 12.5 Å². The summed E-state index contributed by atoms with van der Waals surface area (Å²) in [7, 11) is 0. The molecule has 1 aromatic carbocycles. The van der Waals surface area contributed by atoms with Crippen LogP contribution in [0.15, 0.2) is 29.3 Å². The van der Waals surface area contributed by atoms with Crippen LogP contribution in [0.4, 0.5) is 5.69 Å². The number of benzene rings is 1. The minimum Gasteiger partial charge on any atom is -0.377 e. The molecule has 2 aliphatic heterocycles. The lowest BCUT2D eigenvalue weighted by molar-refractivity contribution is 0.109. The third-order valence-electron chi connectivity index (χ3n) is 4.02. The Bertz CT molecular complexity index is 527. The van der Waals surface area contributed by atoms with Crippen molar-refractivity contribution in [3.05, 3.63) is 29.8 Å². The van der Waals surface area contributed by atoms with Crippen molar-refractivity contribution in [2.75, 3.05) is 18.0 Å². The Hall–Kier alpha value is -1.06. The summed E-state index contributed by atoms with van der Waals surface area (Å²) in [5.74, 6) is 0.838. The molecule has 0 aliphatic carbocycles. The van der Waals surface area contributed by atoms with E-state index in [-0.39, 0.29) is 17.8 Å². The summed E-state index contributed by atoms with van der Waals surface area (Å²) in [6.07, 6.45) is 0.666. The van der Waals surface area contributed by atoms with E-state index in [2.05, 4.69) is 29.8 Å². The number of hydrogen-bond acceptors (Lipinski definition) is 3. The quantitative estimate of drug-likeness (QED) is 0.858. The zero-order valence-electron chi connectivity index (χ0n) is 11.7. The smallest absolute Gasteiger partial charge is 0.148 e. The highest BCUT2D eigenvalue weighted by molar-refractivity contribution is 6.10. The normalized spacial score (nSPS) is 27.2. The lowest BCUT2D eigenvalue weighted by atomic mass is 9.89. The van der Waals surface area contributed by atoms with Crippen LogP contribution in [0.5, 0.6) is 0 Å². The molecule has 4 heteroatoms. The second-order valence-electron chi connectivity index (χ2n) is 6.12. The van der Waals surface area contributed by atoms with Gasteiger partial charge in [-0.1, -0.05) is 39.0 Å². The Labute approximate surface area is 120 Å². The van der Waals surface area contributed by atoms with Gasteiger partial charge in [0.15, 0.2) is 0 Å². The van der Waals surface area contributed by atoms with E-state index in [9.17, 15) is 5.11 Å². The molecule has 2 aliphatic rings. The highest BCUT2D eigenvalue weighted by Gasteiger charge is 2.48. The maximum Gasteiger partial charge on any atom is 0.148 e. The van der Waals surface area contributed by atoms with Crippen molar-refractivity contribution < 1.29 is 5.11 Å². The Morgan fingerprint density at radius 2 is 2.00 bits per heavy atom. The van der Waals surface area contributed by atoms with Crippen LogP contribution in [-0.4, -0.2) is 24.0 Å². The molecule has 0 aromatic heterocycles. The van der Waals surface area contributed by atoms with Gasteiger partial charge in [0.2, 0.25) is 0 Å². The van der Waals surface area contributed by atoms with E-state index in [0.717, 1.165) is 30.2 Å². The molecule has 0 amide bonds. The van der Waals surface area contributed by atoms with Gasteiger partial charge in [0.05, 0.1) is 0 Å². The second-order valence-corrected chi connectivity index (χ2v) is 6.12. The van der Waals surface area contributed by atoms with E-state index in [1.165, 1.54) is 0 Å². The monoisotopic (exact) mass is 280 g/mol. The number of rotatable bonds is 1. The second kappa shape index (κ2) is 4.50. The molecular weight excluding hydrogens is 260 g/mol. The Morgan fingerprint density at radius 1 is 1.32 bits per heavy atom. The van der Waals surface area contributed by atoms with E-state index < -0.39 is 5.60 Å². The van der Waals surface area contributed by atoms with Gasteiger partial charge in [-0.15, -0.1) is 12.4 Å². The molecule has 0 saturated carbocycles. The van der Waals surface area contributed by atoms with E-state index in [0.29, 0.717) is 6.42 Å². The number of amidine groups is 1. The molecular formula is C15H21ClN2O. The van der Waals surface area contributed by atoms with Crippen LogP contribution in [-0.2, 0) is 5.60 Å². The van der Waals surface area contributed by atoms with Gasteiger partial charge >= 0.3 is 0 Å². The van der Waals surface area contributed by atoms with Crippen LogP contribution in [0.1, 0.15) is 32.8 Å². The first-order valence-corrected chi connectivity index (χ1v) is 6.62. The first kappa shape index (κ1) is 14.4. The van der Waals surface area contributed by atoms with Gasteiger partial charge in [0.25, 0.3) is 0 Å². The summed E-state index contributed by atoms with van der Waals surface area (Å²) in [4.78, 5) is 6.87. The van der Waals surface area contributed by atoms with Crippen molar-refractivity contribution in [2.24, 2.45) is 10.4 Å². The number of hydrogen-bond donors (Lipinski definition) is 1. The van der Waals surface area contributed by atoms with Crippen LogP contribution >= 0.6 is 12.4 Å². The van der Waals surface area contributed by atoms with Gasteiger partial charge in [0.1, 0.15) is 11.4 Å². The fourth-order valence-corrected chi connectivity index (χ4v) is 3.01. The number of aliphatic hydroxyl groups is 1. The molecule has 1 N–H and O–H groups in total. The Morgan fingerprint density at radius 3 is 2.68 bits per heavy atom. The standard InChI is InChI=1S/C15H20N2O.ClH/c1-4-15(18)11-7-5-6-8-12(11)17-10-14(2,3)9-16-13(15)17;/h5-8,18H,4,9-10H2,1-3H3;1H. The summed E-state index contributed by atoms with van der Waals surface area (Å²) in [6, 6.07) is 8.12. The Balaban J connectivity index is 0.00000133. The van der Waals surface area contributed by atoms with Gasteiger partial charge in [-0.2, -0.15) is 0 Å². The SMILES string of the molecule is CCC1(O)C2=NCC(C)(C)CN2c2ccccc21.Cl. The molecule has 104 valence electrons. The molecule has 3 rings (SSSR count). The first-order chi connectivity index (χ1) is 8.48. The fraction of sp³-hybridized carbons (Fsp3) is 0.533. The minimum absolute atomic E-state index is 0. The number of halogens is 1. The van der Waals surface area contributed by atoms with Crippen molar-refractivity contribution in [1.29, 1.82) is 0 Å². The lowest BCUT2D eigenvalue weighted by Crippen LogP contribution is -2.48. The molecule has 1 unspecified atom stereocenters. The zero-order chi connectivity index (χ0) is 13.0. The zero-order valence-corrected chi connectivity index (χ0v) is 12.5. The van der Waals surface area contributed by atoms with Crippen LogP contribution in [0, 0.1) is 5.41 Å². The lowest BCUT2D eigenvalue weighted by Gasteiger charge is -2.37. The Kier molecular flexibility index (Phi) is 3.40. The maximum atomic E-state index is 10.9. The number of para-hydroxylation sites is 1. The fourth-order valence-electron chi connectivity index (χ4n) is 3.01. The molecule has 19 heavy (non-hydrogen) atoms. The molecule has 1 aromatic rings. The summed E-state index contributed by atoms with van der Waals surface area (Å²) in [5, 5.41) is 10.9. The molecule has 0 saturated heterocycles. The van der Waals surface area contributed by atoms with Crippen LogP contribution < -0.4 is 4.90 Å². The number of anilines is 1. The van der Waals surface area contributed by atoms with Crippen molar-refractivity contribution in [3.8, 4) is 0 Å². The predicted octanol–water partition coefficient (Wildman–Crippen LogP) is 2.96. The topological polar surface area (TPSA) is 35.8 Å². The highest BCUT2D eigenvalue weighted by atomic mass is 35.5. The molecule has 3 nitrogen and oxygen atoms in total. The summed E-state index contributed by atoms with van der Waals surface area (Å²) < 4.78 is 0. The van der Waals surface area contributed by atoms with Gasteiger partial charge in [0, 0.05) is 29.8 Å². The predicted molar refractivity (Wildman–Crippen MR) is 81.3 cm³/mol. The molecule has 0 fully saturated rings. The van der Waals surface area contributed by atoms with Gasteiger partial charge < -0.3 is 10.0 Å². The van der Waals surface area contributed by atoms with Crippen molar-refractivity contribution in [2.45, 2.75) is 32.8 Å². The van der Waals surface area contributed by atoms with Crippen molar-refractivity contribution >= 4 is 23.9 Å². The van der Waals surface area contributed by atoms with Crippen molar-refractivity contribution in [1.82, 2.24) is 0 Å². The van der Waals surface area contributed by atoms with Crippen LogP contribution in [0.25, 0.3) is 0 Å². The molecule has 1 atom stereocenters. The van der Waals surface area contributed by atoms with Gasteiger partial charge in [-0.3, -0.25) is 4.99 Å². The van der Waals surface area contributed by atoms with E-state index >= 15 is 0 Å². The van der Waals surface area contributed by atoms with Crippen molar-refractivity contribution in [3.63, 3.8) is 0 Å². The maximum absolute atomic E-state index is 10.9. The first-order valence-electron chi connectivity index (χ1n) is 6.62.